The summed E-state index contributed by atoms with van der Waals surface area (Å²) >= 11 is 0. The van der Waals surface area contributed by atoms with Crippen molar-refractivity contribution >= 4 is 22.8 Å². The number of fused-ring (bicyclic) bond motifs is 2. The molecule has 1 atom stereocenters. The summed E-state index contributed by atoms with van der Waals surface area (Å²) in [5.74, 6) is 0.333. The molecular weight excluding hydrogens is 540 g/mol. The molecule has 2 aromatic rings. The zero-order valence-electron chi connectivity index (χ0n) is 27.7. The summed E-state index contributed by atoms with van der Waals surface area (Å²) in [7, 11) is 2.14. The molecule has 0 radical (unpaired) electrons. The van der Waals surface area contributed by atoms with Gasteiger partial charge in [0.2, 0.25) is 0 Å². The molecule has 1 unspecified atom stereocenters. The molecule has 0 saturated carbocycles. The van der Waals surface area contributed by atoms with Crippen LogP contribution in [0.4, 0.5) is 0 Å². The van der Waals surface area contributed by atoms with Gasteiger partial charge < -0.3 is 14.7 Å². The number of carbonyl (C=O) groups is 1. The highest BCUT2D eigenvalue weighted by Crippen LogP contribution is 2.45. The molecule has 2 saturated heterocycles. The first-order valence-corrected chi connectivity index (χ1v) is 17.2. The van der Waals surface area contributed by atoms with Gasteiger partial charge in [-0.1, -0.05) is 45.6 Å². The van der Waals surface area contributed by atoms with Gasteiger partial charge in [0, 0.05) is 67.9 Å². The van der Waals surface area contributed by atoms with Crippen LogP contribution in [0.2, 0.25) is 0 Å². The van der Waals surface area contributed by atoms with Crippen LogP contribution in [-0.2, 0) is 24.2 Å². The molecule has 44 heavy (non-hydrogen) atoms. The number of aromatic nitrogens is 1. The van der Waals surface area contributed by atoms with Gasteiger partial charge in [0.25, 0.3) is 0 Å². The van der Waals surface area contributed by atoms with E-state index in [2.05, 4.69) is 86.0 Å². The van der Waals surface area contributed by atoms with E-state index in [0.717, 1.165) is 73.8 Å². The molecule has 0 amide bonds. The Bertz CT molecular complexity index is 1520. The monoisotopic (exact) mass is 592 g/mol. The number of likely N-dealkylation sites (tertiary alicyclic amines) is 2. The Morgan fingerprint density at radius 3 is 2.50 bits per heavy atom. The minimum Gasteiger partial charge on any atom is -0.375 e. The molecule has 6 rings (SSSR count). The van der Waals surface area contributed by atoms with Crippen molar-refractivity contribution in [1.29, 1.82) is 0 Å². The van der Waals surface area contributed by atoms with Crippen LogP contribution in [0.1, 0.15) is 94.5 Å². The van der Waals surface area contributed by atoms with Gasteiger partial charge >= 0.3 is 0 Å². The van der Waals surface area contributed by atoms with Gasteiger partial charge in [-0.3, -0.25) is 4.79 Å². The Kier molecular flexibility index (Phi) is 8.88. The van der Waals surface area contributed by atoms with Crippen molar-refractivity contribution in [3.8, 4) is 0 Å². The molecule has 3 aliphatic heterocycles. The molecule has 1 aliphatic carbocycles. The van der Waals surface area contributed by atoms with Crippen LogP contribution in [0.15, 0.2) is 60.0 Å². The largest absolute Gasteiger partial charge is 0.375 e. The number of allylic oxidation sites excluding steroid dienone is 4. The Morgan fingerprint density at radius 1 is 1.05 bits per heavy atom. The minimum absolute atomic E-state index is 0.333. The van der Waals surface area contributed by atoms with Crippen LogP contribution >= 0.6 is 0 Å². The second-order valence-corrected chi connectivity index (χ2v) is 13.9. The van der Waals surface area contributed by atoms with Crippen LogP contribution < -0.4 is 0 Å². The van der Waals surface area contributed by atoms with E-state index >= 15 is 0 Å². The van der Waals surface area contributed by atoms with Crippen molar-refractivity contribution in [3.05, 3.63) is 82.4 Å². The van der Waals surface area contributed by atoms with E-state index in [0.29, 0.717) is 12.2 Å². The highest BCUT2D eigenvalue weighted by atomic mass is 16.1. The summed E-state index contributed by atoms with van der Waals surface area (Å²) in [5.41, 5.74) is 10.1. The molecule has 0 spiro atoms. The Labute approximate surface area is 265 Å². The van der Waals surface area contributed by atoms with Gasteiger partial charge in [0.15, 0.2) is 0 Å². The predicted octanol–water partition coefficient (Wildman–Crippen LogP) is 7.85. The average Bonchev–Trinajstić information content (AvgIpc) is 3.10. The zero-order chi connectivity index (χ0) is 31.0. The number of Topliss-reactive ketones (excluding diaryl/α,β-unsaturated/α-hetero) is 1. The molecule has 4 aliphatic rings. The van der Waals surface area contributed by atoms with Crippen molar-refractivity contribution in [2.75, 3.05) is 33.2 Å². The number of rotatable bonds is 6. The zero-order valence-corrected chi connectivity index (χ0v) is 27.7. The molecule has 0 N–H and O–H groups in total. The molecule has 234 valence electrons. The van der Waals surface area contributed by atoms with E-state index in [1.807, 2.05) is 0 Å². The van der Waals surface area contributed by atoms with Crippen LogP contribution in [0.3, 0.4) is 0 Å². The van der Waals surface area contributed by atoms with Gasteiger partial charge in [-0.15, -0.1) is 0 Å². The number of aryl methyl sites for hydroxylation is 1. The number of carbonyl (C=O) groups excluding carboxylic acids is 1. The minimum atomic E-state index is -0.483. The van der Waals surface area contributed by atoms with Crippen LogP contribution in [0, 0.1) is 5.41 Å². The summed E-state index contributed by atoms with van der Waals surface area (Å²) < 4.78 is 0. The van der Waals surface area contributed by atoms with Gasteiger partial charge in [-0.25, -0.2) is 4.98 Å². The summed E-state index contributed by atoms with van der Waals surface area (Å²) in [6.45, 7) is 21.2. The number of benzene rings is 1. The highest BCUT2D eigenvalue weighted by Gasteiger charge is 2.40. The first kappa shape index (κ1) is 30.8. The molecule has 1 aromatic carbocycles. The molecule has 5 heteroatoms. The fraction of sp³-hybridized carbons (Fsp3) is 0.538. The fourth-order valence-electron chi connectivity index (χ4n) is 8.27. The molecule has 4 heterocycles. The lowest BCUT2D eigenvalue weighted by Gasteiger charge is -2.41. The third-order valence-electron chi connectivity index (χ3n) is 11.3. The van der Waals surface area contributed by atoms with E-state index in [-0.39, 0.29) is 0 Å². The number of piperidine rings is 2. The Morgan fingerprint density at radius 2 is 1.80 bits per heavy atom. The predicted molar refractivity (Wildman–Crippen MR) is 183 cm³/mol. The third-order valence-corrected chi connectivity index (χ3v) is 11.3. The summed E-state index contributed by atoms with van der Waals surface area (Å²) in [6, 6.07) is 7.57. The van der Waals surface area contributed by atoms with E-state index in [9.17, 15) is 4.79 Å². The fourth-order valence-corrected chi connectivity index (χ4v) is 8.27. The smallest absolute Gasteiger partial charge is 0.143 e. The first-order valence-electron chi connectivity index (χ1n) is 17.2. The third kappa shape index (κ3) is 5.69. The summed E-state index contributed by atoms with van der Waals surface area (Å²) in [6.07, 6.45) is 14.9. The maximum atomic E-state index is 13.1. The summed E-state index contributed by atoms with van der Waals surface area (Å²) in [5, 5.41) is 1.25. The molecule has 5 nitrogen and oxygen atoms in total. The number of hydrogen-bond donors (Lipinski definition) is 0. The SMILES string of the molecule is C=C1C2=C(/C=C/c3nc4ccc(CC(=C)N5CCC(N6CCCCC6)CC5)cc4c(CC)c3CN1C)C(C)(CC)C(=O)CC2. The summed E-state index contributed by atoms with van der Waals surface area (Å²) in [4.78, 5) is 25.9. The lowest BCUT2D eigenvalue weighted by atomic mass is 9.68. The van der Waals surface area contributed by atoms with Crippen LogP contribution in [0.25, 0.3) is 17.0 Å². The van der Waals surface area contributed by atoms with Crippen molar-refractivity contribution < 1.29 is 4.79 Å². The van der Waals surface area contributed by atoms with E-state index in [1.54, 1.807) is 0 Å². The lowest BCUT2D eigenvalue weighted by Crippen LogP contribution is -2.46. The normalized spacial score (nSPS) is 24.5. The van der Waals surface area contributed by atoms with Gasteiger partial charge in [-0.2, -0.15) is 0 Å². The quantitative estimate of drug-likeness (QED) is 0.342. The molecule has 2 fully saturated rings. The van der Waals surface area contributed by atoms with Crippen LogP contribution in [0.5, 0.6) is 0 Å². The lowest BCUT2D eigenvalue weighted by molar-refractivity contribution is -0.126. The van der Waals surface area contributed by atoms with E-state index in [1.165, 1.54) is 78.5 Å². The van der Waals surface area contributed by atoms with Crippen molar-refractivity contribution in [1.82, 2.24) is 19.7 Å². The van der Waals surface area contributed by atoms with E-state index < -0.39 is 5.41 Å². The standard InChI is InChI=1S/C39H52N4O/c1-7-31-33-25-29(24-27(3)42-22-18-30(19-23-42)43-20-10-9-11-21-43)12-15-36(33)40-37-16-14-35-32(28(4)41(6)26-34(31)37)13-17-38(44)39(35,5)8-2/h12,14-16,25,30H,3-4,7-11,13,17-24,26H2,1-2,5-6H3/b16-14+. The molecule has 1 aromatic heterocycles. The first-order chi connectivity index (χ1) is 21.2. The number of ketones is 1. The second-order valence-electron chi connectivity index (χ2n) is 13.9. The van der Waals surface area contributed by atoms with Gasteiger partial charge in [0.05, 0.1) is 16.6 Å². The maximum absolute atomic E-state index is 13.1. The topological polar surface area (TPSA) is 39.7 Å². The Hall–Kier alpha value is -3.18. The highest BCUT2D eigenvalue weighted by molar-refractivity contribution is 5.91. The maximum Gasteiger partial charge on any atom is 0.143 e. The van der Waals surface area contributed by atoms with Gasteiger partial charge in [0.1, 0.15) is 5.78 Å². The van der Waals surface area contributed by atoms with E-state index in [4.69, 9.17) is 4.98 Å². The number of nitrogens with zero attached hydrogens (tertiary/aromatic N) is 4. The number of pyridine rings is 1. The average molecular weight is 593 g/mol. The Balaban J connectivity index is 1.27. The van der Waals surface area contributed by atoms with Crippen molar-refractivity contribution in [2.24, 2.45) is 5.41 Å². The number of likely N-dealkylation sites (N-methyl/N-ethyl adjacent to an activating group) is 1. The molecule has 0 bridgehead atoms. The van der Waals surface area contributed by atoms with Gasteiger partial charge in [-0.05, 0) is 105 Å². The molecular formula is C39H52N4O. The number of hydrogen-bond acceptors (Lipinski definition) is 5. The van der Waals surface area contributed by atoms with Crippen molar-refractivity contribution in [3.63, 3.8) is 0 Å². The van der Waals surface area contributed by atoms with Crippen molar-refractivity contribution in [2.45, 2.75) is 97.6 Å². The van der Waals surface area contributed by atoms with Crippen LogP contribution in [-0.4, -0.2) is 64.7 Å². The second kappa shape index (κ2) is 12.7.